The SMILES string of the molecule is CC(CN)CC(=O)N(C)C. The third-order valence-electron chi connectivity index (χ3n) is 1.42. The number of carbonyl (C=O) groups is 1. The summed E-state index contributed by atoms with van der Waals surface area (Å²) in [6, 6.07) is 0. The topological polar surface area (TPSA) is 46.3 Å². The Balaban J connectivity index is 3.57. The van der Waals surface area contributed by atoms with Crippen LogP contribution >= 0.6 is 0 Å². The molecule has 1 amide bonds. The van der Waals surface area contributed by atoms with Crippen molar-refractivity contribution >= 4 is 5.91 Å². The fraction of sp³-hybridized carbons (Fsp3) is 0.857. The van der Waals surface area contributed by atoms with Gasteiger partial charge >= 0.3 is 0 Å². The van der Waals surface area contributed by atoms with Crippen LogP contribution in [0, 0.1) is 5.92 Å². The lowest BCUT2D eigenvalue weighted by Crippen LogP contribution is -2.25. The Morgan fingerprint density at radius 1 is 1.60 bits per heavy atom. The predicted octanol–water partition coefficient (Wildman–Crippen LogP) is 0.0595. The second-order valence-corrected chi connectivity index (χ2v) is 2.83. The molecule has 3 heteroatoms. The van der Waals surface area contributed by atoms with Crippen LogP contribution in [0.15, 0.2) is 0 Å². The summed E-state index contributed by atoms with van der Waals surface area (Å²) in [6.45, 7) is 2.56. The van der Waals surface area contributed by atoms with Gasteiger partial charge in [-0.3, -0.25) is 4.79 Å². The first-order valence-electron chi connectivity index (χ1n) is 3.48. The summed E-state index contributed by atoms with van der Waals surface area (Å²) in [4.78, 5) is 12.6. The van der Waals surface area contributed by atoms with Crippen molar-refractivity contribution < 1.29 is 4.79 Å². The molecule has 0 spiro atoms. The molecule has 1 unspecified atom stereocenters. The van der Waals surface area contributed by atoms with Crippen molar-refractivity contribution in [2.75, 3.05) is 20.6 Å². The van der Waals surface area contributed by atoms with Crippen molar-refractivity contribution in [1.29, 1.82) is 0 Å². The maximum atomic E-state index is 11.0. The van der Waals surface area contributed by atoms with Gasteiger partial charge in [0.1, 0.15) is 0 Å². The summed E-state index contributed by atoms with van der Waals surface area (Å²) in [6.07, 6.45) is 0.559. The monoisotopic (exact) mass is 144 g/mol. The van der Waals surface area contributed by atoms with Crippen LogP contribution in [0.25, 0.3) is 0 Å². The van der Waals surface area contributed by atoms with Crippen LogP contribution < -0.4 is 5.73 Å². The number of nitrogens with two attached hydrogens (primary N) is 1. The van der Waals surface area contributed by atoms with Crippen molar-refractivity contribution in [1.82, 2.24) is 4.90 Å². The van der Waals surface area contributed by atoms with E-state index >= 15 is 0 Å². The highest BCUT2D eigenvalue weighted by atomic mass is 16.2. The van der Waals surface area contributed by atoms with Crippen LogP contribution in [0.4, 0.5) is 0 Å². The Labute approximate surface area is 62.2 Å². The van der Waals surface area contributed by atoms with Crippen molar-refractivity contribution in [2.24, 2.45) is 11.7 Å². The number of amides is 1. The molecule has 10 heavy (non-hydrogen) atoms. The fourth-order valence-corrected chi connectivity index (χ4v) is 0.564. The van der Waals surface area contributed by atoms with Crippen LogP contribution in [-0.4, -0.2) is 31.4 Å². The lowest BCUT2D eigenvalue weighted by molar-refractivity contribution is -0.129. The summed E-state index contributed by atoms with van der Waals surface area (Å²) in [7, 11) is 3.51. The Morgan fingerprint density at radius 2 is 2.10 bits per heavy atom. The van der Waals surface area contributed by atoms with Crippen LogP contribution in [0.3, 0.4) is 0 Å². The second kappa shape index (κ2) is 4.28. The van der Waals surface area contributed by atoms with Gasteiger partial charge < -0.3 is 10.6 Å². The molecule has 2 N–H and O–H groups in total. The maximum absolute atomic E-state index is 11.0. The van der Waals surface area contributed by atoms with Gasteiger partial charge in [0.2, 0.25) is 5.91 Å². The molecule has 60 valence electrons. The zero-order valence-corrected chi connectivity index (χ0v) is 6.92. The van der Waals surface area contributed by atoms with Gasteiger partial charge in [-0.15, -0.1) is 0 Å². The highest BCUT2D eigenvalue weighted by molar-refractivity contribution is 5.75. The third-order valence-corrected chi connectivity index (χ3v) is 1.42. The van der Waals surface area contributed by atoms with Crippen LogP contribution in [0.1, 0.15) is 13.3 Å². The normalized spacial score (nSPS) is 12.8. The molecule has 0 aromatic carbocycles. The minimum absolute atomic E-state index is 0.151. The van der Waals surface area contributed by atoms with E-state index in [9.17, 15) is 4.79 Å². The van der Waals surface area contributed by atoms with Gasteiger partial charge in [-0.05, 0) is 12.5 Å². The van der Waals surface area contributed by atoms with E-state index in [2.05, 4.69) is 0 Å². The van der Waals surface area contributed by atoms with Gasteiger partial charge in [0.25, 0.3) is 0 Å². The summed E-state index contributed by atoms with van der Waals surface area (Å²) in [5.74, 6) is 0.452. The minimum atomic E-state index is 0.151. The molecule has 0 fully saturated rings. The first-order chi connectivity index (χ1) is 4.57. The number of hydrogen-bond donors (Lipinski definition) is 1. The van der Waals surface area contributed by atoms with Crippen molar-refractivity contribution in [2.45, 2.75) is 13.3 Å². The van der Waals surface area contributed by atoms with E-state index in [0.29, 0.717) is 18.9 Å². The highest BCUT2D eigenvalue weighted by Gasteiger charge is 2.07. The number of hydrogen-bond acceptors (Lipinski definition) is 2. The van der Waals surface area contributed by atoms with Gasteiger partial charge in [0, 0.05) is 20.5 Å². The highest BCUT2D eigenvalue weighted by Crippen LogP contribution is 2.00. The lowest BCUT2D eigenvalue weighted by Gasteiger charge is -2.12. The molecular weight excluding hydrogens is 128 g/mol. The number of nitrogens with zero attached hydrogens (tertiary/aromatic N) is 1. The third kappa shape index (κ3) is 3.45. The maximum Gasteiger partial charge on any atom is 0.222 e. The van der Waals surface area contributed by atoms with Crippen LogP contribution in [0.5, 0.6) is 0 Å². The molecule has 0 aromatic rings. The second-order valence-electron chi connectivity index (χ2n) is 2.83. The molecule has 0 radical (unpaired) electrons. The van der Waals surface area contributed by atoms with Crippen molar-refractivity contribution in [3.05, 3.63) is 0 Å². The quantitative estimate of drug-likeness (QED) is 0.608. The Hall–Kier alpha value is -0.570. The van der Waals surface area contributed by atoms with E-state index < -0.39 is 0 Å². The van der Waals surface area contributed by atoms with Crippen LogP contribution in [0.2, 0.25) is 0 Å². The van der Waals surface area contributed by atoms with E-state index in [1.54, 1.807) is 19.0 Å². The molecule has 0 saturated carbocycles. The Morgan fingerprint density at radius 3 is 2.40 bits per heavy atom. The summed E-state index contributed by atoms with van der Waals surface area (Å²) in [5.41, 5.74) is 5.35. The van der Waals surface area contributed by atoms with E-state index in [-0.39, 0.29) is 5.91 Å². The first-order valence-corrected chi connectivity index (χ1v) is 3.48. The Bertz CT molecular complexity index is 112. The first kappa shape index (κ1) is 9.43. The number of carbonyl (C=O) groups excluding carboxylic acids is 1. The zero-order valence-electron chi connectivity index (χ0n) is 6.92. The van der Waals surface area contributed by atoms with Crippen molar-refractivity contribution in [3.8, 4) is 0 Å². The standard InChI is InChI=1S/C7H16N2O/c1-6(5-8)4-7(10)9(2)3/h6H,4-5,8H2,1-3H3. The van der Waals surface area contributed by atoms with E-state index in [1.165, 1.54) is 0 Å². The van der Waals surface area contributed by atoms with Gasteiger partial charge in [0.05, 0.1) is 0 Å². The molecule has 0 aliphatic heterocycles. The smallest absolute Gasteiger partial charge is 0.222 e. The molecule has 0 bridgehead atoms. The van der Waals surface area contributed by atoms with E-state index in [0.717, 1.165) is 0 Å². The average molecular weight is 144 g/mol. The molecule has 0 aliphatic rings. The van der Waals surface area contributed by atoms with Gasteiger partial charge in [0.15, 0.2) is 0 Å². The molecule has 1 atom stereocenters. The zero-order chi connectivity index (χ0) is 8.15. The number of rotatable bonds is 3. The largest absolute Gasteiger partial charge is 0.349 e. The fourth-order valence-electron chi connectivity index (χ4n) is 0.564. The average Bonchev–Trinajstić information content (AvgIpc) is 1.87. The minimum Gasteiger partial charge on any atom is -0.349 e. The van der Waals surface area contributed by atoms with Crippen LogP contribution in [-0.2, 0) is 4.79 Å². The predicted molar refractivity (Wildman–Crippen MR) is 41.5 cm³/mol. The summed E-state index contributed by atoms with van der Waals surface area (Å²) in [5, 5.41) is 0. The van der Waals surface area contributed by atoms with Gasteiger partial charge in [-0.2, -0.15) is 0 Å². The molecule has 0 heterocycles. The van der Waals surface area contributed by atoms with Gasteiger partial charge in [-0.1, -0.05) is 6.92 Å². The molecule has 0 saturated heterocycles. The summed E-state index contributed by atoms with van der Waals surface area (Å²) < 4.78 is 0. The van der Waals surface area contributed by atoms with Crippen molar-refractivity contribution in [3.63, 3.8) is 0 Å². The molecule has 0 aromatic heterocycles. The lowest BCUT2D eigenvalue weighted by atomic mass is 10.1. The van der Waals surface area contributed by atoms with E-state index in [4.69, 9.17) is 5.73 Å². The molecule has 0 aliphatic carbocycles. The van der Waals surface area contributed by atoms with E-state index in [1.807, 2.05) is 6.92 Å². The Kier molecular flexibility index (Phi) is 4.03. The molecule has 3 nitrogen and oxygen atoms in total. The molecule has 0 rings (SSSR count). The summed E-state index contributed by atoms with van der Waals surface area (Å²) >= 11 is 0. The molecular formula is C7H16N2O. The van der Waals surface area contributed by atoms with Gasteiger partial charge in [-0.25, -0.2) is 0 Å².